The molecule has 26 heavy (non-hydrogen) atoms. The minimum atomic E-state index is -3.48. The first-order valence-corrected chi connectivity index (χ1v) is 9.50. The van der Waals surface area contributed by atoms with Gasteiger partial charge in [-0.25, -0.2) is 8.42 Å². The fourth-order valence-electron chi connectivity index (χ4n) is 2.67. The van der Waals surface area contributed by atoms with E-state index in [-0.39, 0.29) is 24.0 Å². The van der Waals surface area contributed by atoms with Crippen LogP contribution < -0.4 is 20.1 Å². The molecular weight excluding hydrogens is 382 g/mol. The zero-order valence-electron chi connectivity index (χ0n) is 14.3. The molecule has 1 aromatic carbocycles. The van der Waals surface area contributed by atoms with Gasteiger partial charge in [-0.05, 0) is 18.2 Å². The molecule has 1 aromatic heterocycles. The quantitative estimate of drug-likeness (QED) is 0.594. The molecule has 0 saturated carbocycles. The highest BCUT2D eigenvalue weighted by molar-refractivity contribution is 7.92. The molecule has 0 aliphatic carbocycles. The number of fused-ring (bicyclic) bond motifs is 1. The third-order valence-electron chi connectivity index (χ3n) is 3.77. The number of H-pyrrole nitrogens is 1. The maximum atomic E-state index is 12.5. The van der Waals surface area contributed by atoms with Gasteiger partial charge in [0.25, 0.3) is 5.91 Å². The molecule has 0 unspecified atom stereocenters. The van der Waals surface area contributed by atoms with Crippen molar-refractivity contribution < 1.29 is 17.9 Å². The van der Waals surface area contributed by atoms with E-state index in [1.165, 1.54) is 13.2 Å². The van der Waals surface area contributed by atoms with E-state index in [4.69, 9.17) is 4.74 Å². The van der Waals surface area contributed by atoms with Crippen molar-refractivity contribution in [1.82, 2.24) is 15.5 Å². The standard InChI is InChI=1S/C15H19N5O4S.ClH/c1-24-13-4-3-9(7-12(13)20-25(2,22)23)17-15(21)14-10-8-16-6-5-11(10)18-19-14;/h3-4,7,16,20H,5-6,8H2,1-2H3,(H,17,21)(H,18,19);1H. The van der Waals surface area contributed by atoms with Gasteiger partial charge in [-0.3, -0.25) is 14.6 Å². The van der Waals surface area contributed by atoms with Crippen molar-refractivity contribution in [2.45, 2.75) is 13.0 Å². The summed E-state index contributed by atoms with van der Waals surface area (Å²) in [5, 5.41) is 12.9. The number of benzene rings is 1. The number of halogens is 1. The molecule has 1 aliphatic rings. The number of sulfonamides is 1. The Morgan fingerprint density at radius 3 is 2.81 bits per heavy atom. The van der Waals surface area contributed by atoms with Crippen LogP contribution in [0.15, 0.2) is 18.2 Å². The molecule has 9 nitrogen and oxygen atoms in total. The van der Waals surface area contributed by atoms with Gasteiger partial charge in [0.1, 0.15) is 5.75 Å². The Bertz CT molecular complexity index is 913. The molecule has 4 N–H and O–H groups in total. The fourth-order valence-corrected chi connectivity index (χ4v) is 3.23. The van der Waals surface area contributed by atoms with Gasteiger partial charge in [0.15, 0.2) is 5.69 Å². The SMILES string of the molecule is COc1ccc(NC(=O)c2n[nH]c3c2CNCC3)cc1NS(C)(=O)=O.Cl. The second-order valence-electron chi connectivity index (χ2n) is 5.70. The molecule has 0 saturated heterocycles. The van der Waals surface area contributed by atoms with E-state index in [9.17, 15) is 13.2 Å². The third-order valence-corrected chi connectivity index (χ3v) is 4.36. The van der Waals surface area contributed by atoms with Gasteiger partial charge >= 0.3 is 0 Å². The number of hydrogen-bond acceptors (Lipinski definition) is 6. The summed E-state index contributed by atoms with van der Waals surface area (Å²) in [7, 11) is -2.04. The van der Waals surface area contributed by atoms with E-state index < -0.39 is 10.0 Å². The number of hydrogen-bond donors (Lipinski definition) is 4. The monoisotopic (exact) mass is 401 g/mol. The summed E-state index contributed by atoms with van der Waals surface area (Å²) in [6, 6.07) is 4.70. The molecule has 1 aliphatic heterocycles. The summed E-state index contributed by atoms with van der Waals surface area (Å²) < 4.78 is 30.4. The second kappa shape index (κ2) is 7.94. The van der Waals surface area contributed by atoms with Crippen molar-refractivity contribution in [2.75, 3.05) is 29.9 Å². The van der Waals surface area contributed by atoms with Crippen LogP contribution in [0.25, 0.3) is 0 Å². The van der Waals surface area contributed by atoms with Crippen molar-refractivity contribution in [2.24, 2.45) is 0 Å². The fraction of sp³-hybridized carbons (Fsp3) is 0.333. The lowest BCUT2D eigenvalue weighted by Gasteiger charge is -2.14. The van der Waals surface area contributed by atoms with Crippen LogP contribution in [0.5, 0.6) is 5.75 Å². The molecule has 0 atom stereocenters. The predicted octanol–water partition coefficient (Wildman–Crippen LogP) is 1.11. The van der Waals surface area contributed by atoms with E-state index in [1.807, 2.05) is 0 Å². The van der Waals surface area contributed by atoms with Crippen molar-refractivity contribution in [3.63, 3.8) is 0 Å². The summed E-state index contributed by atoms with van der Waals surface area (Å²) in [6.45, 7) is 1.42. The van der Waals surface area contributed by atoms with Crippen LogP contribution in [0.4, 0.5) is 11.4 Å². The number of rotatable bonds is 5. The molecule has 0 spiro atoms. The minimum absolute atomic E-state index is 0. The Morgan fingerprint density at radius 1 is 1.35 bits per heavy atom. The van der Waals surface area contributed by atoms with Crippen molar-refractivity contribution in [3.8, 4) is 5.75 Å². The first kappa shape index (κ1) is 20.0. The minimum Gasteiger partial charge on any atom is -0.495 e. The first-order chi connectivity index (χ1) is 11.9. The van der Waals surface area contributed by atoms with Gasteiger partial charge in [0.2, 0.25) is 10.0 Å². The van der Waals surface area contributed by atoms with Gasteiger partial charge in [-0.2, -0.15) is 5.10 Å². The molecule has 11 heteroatoms. The summed E-state index contributed by atoms with van der Waals surface area (Å²) in [6.07, 6.45) is 1.83. The van der Waals surface area contributed by atoms with E-state index in [1.54, 1.807) is 12.1 Å². The number of aromatic amines is 1. The zero-order valence-corrected chi connectivity index (χ0v) is 15.9. The zero-order chi connectivity index (χ0) is 18.0. The van der Waals surface area contributed by atoms with Gasteiger partial charge in [-0.1, -0.05) is 0 Å². The lowest BCUT2D eigenvalue weighted by atomic mass is 10.1. The van der Waals surface area contributed by atoms with E-state index in [0.717, 1.165) is 30.5 Å². The smallest absolute Gasteiger partial charge is 0.276 e. The second-order valence-corrected chi connectivity index (χ2v) is 7.45. The van der Waals surface area contributed by atoms with Gasteiger partial charge in [0, 0.05) is 36.5 Å². The van der Waals surface area contributed by atoms with Crippen LogP contribution in [0.1, 0.15) is 21.7 Å². The van der Waals surface area contributed by atoms with Gasteiger partial charge in [-0.15, -0.1) is 12.4 Å². The van der Waals surface area contributed by atoms with Gasteiger partial charge in [0.05, 0.1) is 19.1 Å². The van der Waals surface area contributed by atoms with Gasteiger partial charge < -0.3 is 15.4 Å². The number of carbonyl (C=O) groups is 1. The number of carbonyl (C=O) groups excluding carboxylic acids is 1. The molecule has 0 fully saturated rings. The van der Waals surface area contributed by atoms with E-state index in [0.29, 0.717) is 23.7 Å². The molecule has 2 aromatic rings. The van der Waals surface area contributed by atoms with E-state index >= 15 is 0 Å². The van der Waals surface area contributed by atoms with E-state index in [2.05, 4.69) is 25.6 Å². The number of amides is 1. The highest BCUT2D eigenvalue weighted by atomic mass is 35.5. The maximum absolute atomic E-state index is 12.5. The number of anilines is 2. The molecular formula is C15H20ClN5O4S. The maximum Gasteiger partial charge on any atom is 0.276 e. The lowest BCUT2D eigenvalue weighted by Crippen LogP contribution is -2.25. The number of nitrogens with zero attached hydrogens (tertiary/aromatic N) is 1. The van der Waals surface area contributed by atoms with Crippen LogP contribution in [-0.4, -0.2) is 44.4 Å². The van der Waals surface area contributed by atoms with Crippen LogP contribution in [0.3, 0.4) is 0 Å². The topological polar surface area (TPSA) is 125 Å². The molecule has 0 radical (unpaired) electrons. The third kappa shape index (κ3) is 4.45. The molecule has 3 rings (SSSR count). The summed E-state index contributed by atoms with van der Waals surface area (Å²) in [5.74, 6) is -0.0126. The highest BCUT2D eigenvalue weighted by Gasteiger charge is 2.22. The van der Waals surface area contributed by atoms with Crippen LogP contribution >= 0.6 is 12.4 Å². The molecule has 0 bridgehead atoms. The number of aromatic nitrogens is 2. The largest absolute Gasteiger partial charge is 0.495 e. The first-order valence-electron chi connectivity index (χ1n) is 7.61. The molecule has 142 valence electrons. The van der Waals surface area contributed by atoms with Crippen LogP contribution in [0.2, 0.25) is 0 Å². The molecule has 2 heterocycles. The van der Waals surface area contributed by atoms with Crippen molar-refractivity contribution >= 4 is 39.7 Å². The number of ether oxygens (including phenoxy) is 1. The Hall–Kier alpha value is -2.30. The van der Waals surface area contributed by atoms with Crippen molar-refractivity contribution in [1.29, 1.82) is 0 Å². The Balaban J connectivity index is 0.00000243. The Labute approximate surface area is 157 Å². The Kier molecular flexibility index (Phi) is 6.11. The average molecular weight is 402 g/mol. The number of methoxy groups -OCH3 is 1. The Morgan fingerprint density at radius 2 is 2.12 bits per heavy atom. The predicted molar refractivity (Wildman–Crippen MR) is 101 cm³/mol. The normalized spacial score (nSPS) is 13.3. The average Bonchev–Trinajstić information content (AvgIpc) is 2.98. The molecule has 1 amide bonds. The lowest BCUT2D eigenvalue weighted by molar-refractivity contribution is 0.102. The van der Waals surface area contributed by atoms with Crippen LogP contribution in [0, 0.1) is 0 Å². The van der Waals surface area contributed by atoms with Crippen molar-refractivity contribution in [3.05, 3.63) is 35.2 Å². The highest BCUT2D eigenvalue weighted by Crippen LogP contribution is 2.29. The summed E-state index contributed by atoms with van der Waals surface area (Å²) >= 11 is 0. The number of nitrogens with one attached hydrogen (secondary N) is 4. The van der Waals surface area contributed by atoms with Crippen LogP contribution in [-0.2, 0) is 23.0 Å². The summed E-state index contributed by atoms with van der Waals surface area (Å²) in [5.41, 5.74) is 2.81. The summed E-state index contributed by atoms with van der Waals surface area (Å²) in [4.78, 5) is 12.5.